The quantitative estimate of drug-likeness (QED) is 0.392. The summed E-state index contributed by atoms with van der Waals surface area (Å²) < 4.78 is 31.9. The van der Waals surface area contributed by atoms with E-state index in [0.29, 0.717) is 42.5 Å². The zero-order valence-electron chi connectivity index (χ0n) is 21.1. The number of halogens is 1. The number of nitrogens with zero attached hydrogens (tertiary/aromatic N) is 2. The standard InChI is InChI=1S/C28H32FN3O4/c1-6-20(33)9-17-7-8-36-15-22(17)32-25-11-19-13-30-21(10-18(19)14-31-25)27-26(16(2)3)23(34-4)12-24(35-5)28(27)29/h6,10-14,16-17,22H,1,7-9,15H2,2-5H3,(H,31,32)/t17-,22-/m1/s1. The number of methoxy groups -OCH3 is 2. The molecule has 0 saturated carbocycles. The zero-order valence-corrected chi connectivity index (χ0v) is 21.1. The second-order valence-electron chi connectivity index (χ2n) is 9.27. The van der Waals surface area contributed by atoms with E-state index in [-0.39, 0.29) is 29.4 Å². The molecule has 1 fully saturated rings. The second-order valence-corrected chi connectivity index (χ2v) is 9.27. The van der Waals surface area contributed by atoms with Gasteiger partial charge < -0.3 is 19.5 Å². The van der Waals surface area contributed by atoms with E-state index < -0.39 is 5.82 Å². The van der Waals surface area contributed by atoms with Crippen LogP contribution in [-0.4, -0.2) is 49.2 Å². The molecule has 0 aliphatic carbocycles. The van der Waals surface area contributed by atoms with Gasteiger partial charge in [0.05, 0.1) is 32.6 Å². The minimum Gasteiger partial charge on any atom is -0.496 e. The third-order valence-corrected chi connectivity index (χ3v) is 6.63. The van der Waals surface area contributed by atoms with Crippen LogP contribution in [0.2, 0.25) is 0 Å². The highest BCUT2D eigenvalue weighted by atomic mass is 19.1. The number of benzene rings is 1. The van der Waals surface area contributed by atoms with Crippen molar-refractivity contribution in [1.82, 2.24) is 9.97 Å². The molecule has 0 unspecified atom stereocenters. The number of hydrogen-bond acceptors (Lipinski definition) is 7. The van der Waals surface area contributed by atoms with Crippen LogP contribution in [0.1, 0.15) is 38.2 Å². The predicted octanol–water partition coefficient (Wildman–Crippen LogP) is 5.54. The van der Waals surface area contributed by atoms with Gasteiger partial charge in [0.25, 0.3) is 0 Å². The van der Waals surface area contributed by atoms with Crippen LogP contribution in [-0.2, 0) is 9.53 Å². The summed E-state index contributed by atoms with van der Waals surface area (Å²) in [4.78, 5) is 21.1. The second kappa shape index (κ2) is 11.0. The maximum absolute atomic E-state index is 15.5. The summed E-state index contributed by atoms with van der Waals surface area (Å²) in [6, 6.07) is 5.26. The lowest BCUT2D eigenvalue weighted by Gasteiger charge is -2.32. The number of fused-ring (bicyclic) bond motifs is 1. The summed E-state index contributed by atoms with van der Waals surface area (Å²) in [5, 5.41) is 5.09. The molecular weight excluding hydrogens is 461 g/mol. The molecule has 0 amide bonds. The Kier molecular flexibility index (Phi) is 7.84. The number of rotatable bonds is 9. The molecular formula is C28H32FN3O4. The van der Waals surface area contributed by atoms with Crippen molar-refractivity contribution in [3.8, 4) is 22.8 Å². The topological polar surface area (TPSA) is 82.6 Å². The van der Waals surface area contributed by atoms with Crippen molar-refractivity contribution in [2.45, 2.75) is 38.6 Å². The van der Waals surface area contributed by atoms with Crippen molar-refractivity contribution >= 4 is 22.4 Å². The molecule has 2 aromatic heterocycles. The fourth-order valence-electron chi connectivity index (χ4n) is 4.74. The van der Waals surface area contributed by atoms with Crippen LogP contribution in [0, 0.1) is 11.7 Å². The Morgan fingerprint density at radius 1 is 1.19 bits per heavy atom. The summed E-state index contributed by atoms with van der Waals surface area (Å²) >= 11 is 0. The summed E-state index contributed by atoms with van der Waals surface area (Å²) in [5.41, 5.74) is 1.57. The summed E-state index contributed by atoms with van der Waals surface area (Å²) in [5.74, 6) is 1.01. The van der Waals surface area contributed by atoms with E-state index in [2.05, 4.69) is 21.9 Å². The average Bonchev–Trinajstić information content (AvgIpc) is 2.89. The molecule has 1 aliphatic heterocycles. The Bertz CT molecular complexity index is 1280. The van der Waals surface area contributed by atoms with E-state index in [1.165, 1.54) is 13.2 Å². The van der Waals surface area contributed by atoms with Gasteiger partial charge in [-0.3, -0.25) is 9.78 Å². The van der Waals surface area contributed by atoms with Crippen molar-refractivity contribution in [3.05, 3.63) is 54.6 Å². The molecule has 0 bridgehead atoms. The molecule has 1 N–H and O–H groups in total. The van der Waals surface area contributed by atoms with E-state index in [1.807, 2.05) is 26.0 Å². The van der Waals surface area contributed by atoms with Gasteiger partial charge in [-0.25, -0.2) is 9.37 Å². The molecule has 4 rings (SSSR count). The predicted molar refractivity (Wildman–Crippen MR) is 138 cm³/mol. The number of hydrogen-bond donors (Lipinski definition) is 1. The number of carbonyl (C=O) groups is 1. The third-order valence-electron chi connectivity index (χ3n) is 6.63. The smallest absolute Gasteiger partial charge is 0.174 e. The van der Waals surface area contributed by atoms with Gasteiger partial charge in [-0.1, -0.05) is 20.4 Å². The Hall–Kier alpha value is -3.52. The van der Waals surface area contributed by atoms with Crippen molar-refractivity contribution in [2.24, 2.45) is 5.92 Å². The van der Waals surface area contributed by atoms with Gasteiger partial charge in [-0.2, -0.15) is 0 Å². The third kappa shape index (κ3) is 5.18. The van der Waals surface area contributed by atoms with Crippen LogP contribution in [0.3, 0.4) is 0 Å². The molecule has 190 valence electrons. The lowest BCUT2D eigenvalue weighted by Crippen LogP contribution is -2.39. The highest BCUT2D eigenvalue weighted by Gasteiger charge is 2.28. The number of ether oxygens (including phenoxy) is 3. The number of ketones is 1. The number of anilines is 1. The Morgan fingerprint density at radius 3 is 2.61 bits per heavy atom. The average molecular weight is 494 g/mol. The molecule has 3 heterocycles. The van der Waals surface area contributed by atoms with Gasteiger partial charge in [0, 0.05) is 53.4 Å². The first-order chi connectivity index (χ1) is 17.4. The molecule has 1 aliphatic rings. The van der Waals surface area contributed by atoms with Gasteiger partial charge in [-0.15, -0.1) is 0 Å². The first-order valence-corrected chi connectivity index (χ1v) is 12.1. The van der Waals surface area contributed by atoms with E-state index in [0.717, 1.165) is 22.8 Å². The lowest BCUT2D eigenvalue weighted by molar-refractivity contribution is -0.116. The largest absolute Gasteiger partial charge is 0.496 e. The van der Waals surface area contributed by atoms with E-state index in [9.17, 15) is 4.79 Å². The van der Waals surface area contributed by atoms with Crippen molar-refractivity contribution < 1.29 is 23.4 Å². The molecule has 8 heteroatoms. The van der Waals surface area contributed by atoms with Crippen molar-refractivity contribution in [3.63, 3.8) is 0 Å². The highest BCUT2D eigenvalue weighted by Crippen LogP contribution is 2.42. The van der Waals surface area contributed by atoms with Crippen molar-refractivity contribution in [1.29, 1.82) is 0 Å². The zero-order chi connectivity index (χ0) is 25.8. The van der Waals surface area contributed by atoms with Crippen LogP contribution < -0.4 is 14.8 Å². The lowest BCUT2D eigenvalue weighted by atomic mass is 9.89. The normalized spacial score (nSPS) is 17.7. The molecule has 36 heavy (non-hydrogen) atoms. The van der Waals surface area contributed by atoms with Gasteiger partial charge in [-0.05, 0) is 36.5 Å². The maximum Gasteiger partial charge on any atom is 0.174 e. The Labute approximate surface area is 210 Å². The van der Waals surface area contributed by atoms with Gasteiger partial charge >= 0.3 is 0 Å². The van der Waals surface area contributed by atoms with Crippen LogP contribution in [0.25, 0.3) is 22.0 Å². The van der Waals surface area contributed by atoms with Crippen LogP contribution in [0.15, 0.2) is 43.2 Å². The fourth-order valence-corrected chi connectivity index (χ4v) is 4.74. The number of carbonyl (C=O) groups excluding carboxylic acids is 1. The monoisotopic (exact) mass is 493 g/mol. The number of aromatic nitrogens is 2. The summed E-state index contributed by atoms with van der Waals surface area (Å²) in [6.45, 7) is 8.68. The number of nitrogens with one attached hydrogen (secondary N) is 1. The van der Waals surface area contributed by atoms with Crippen LogP contribution in [0.4, 0.5) is 10.2 Å². The molecule has 7 nitrogen and oxygen atoms in total. The van der Waals surface area contributed by atoms with Gasteiger partial charge in [0.15, 0.2) is 17.3 Å². The minimum atomic E-state index is -0.475. The molecule has 0 radical (unpaired) electrons. The molecule has 1 saturated heterocycles. The maximum atomic E-state index is 15.5. The van der Waals surface area contributed by atoms with E-state index >= 15 is 4.39 Å². The highest BCUT2D eigenvalue weighted by molar-refractivity contribution is 5.89. The first-order valence-electron chi connectivity index (χ1n) is 12.1. The molecule has 1 aromatic carbocycles. The van der Waals surface area contributed by atoms with Crippen molar-refractivity contribution in [2.75, 3.05) is 32.8 Å². The van der Waals surface area contributed by atoms with E-state index in [4.69, 9.17) is 14.2 Å². The number of pyridine rings is 2. The Morgan fingerprint density at radius 2 is 1.92 bits per heavy atom. The first kappa shape index (κ1) is 25.6. The summed E-state index contributed by atoms with van der Waals surface area (Å²) in [7, 11) is 2.99. The van der Waals surface area contributed by atoms with Gasteiger partial charge in [0.2, 0.25) is 0 Å². The minimum absolute atomic E-state index is 0.00353. The van der Waals surface area contributed by atoms with Crippen LogP contribution >= 0.6 is 0 Å². The van der Waals surface area contributed by atoms with E-state index in [1.54, 1.807) is 25.6 Å². The van der Waals surface area contributed by atoms with Crippen LogP contribution in [0.5, 0.6) is 11.5 Å². The van der Waals surface area contributed by atoms with Gasteiger partial charge in [0.1, 0.15) is 11.6 Å². The fraction of sp³-hybridized carbons (Fsp3) is 0.393. The number of allylic oxidation sites excluding steroid dienone is 1. The Balaban J connectivity index is 1.68. The summed E-state index contributed by atoms with van der Waals surface area (Å²) in [6.07, 6.45) is 6.04. The SMILES string of the molecule is C=CC(=O)C[C@H]1CCOC[C@H]1Nc1cc2cnc(-c3c(F)c(OC)cc(OC)c3C(C)C)cc2cn1. The molecule has 2 atom stereocenters. The molecule has 0 spiro atoms. The molecule has 3 aromatic rings.